The van der Waals surface area contributed by atoms with Crippen LogP contribution in [-0.2, 0) is 10.3 Å². The summed E-state index contributed by atoms with van der Waals surface area (Å²) in [5.74, 6) is -0.237. The van der Waals surface area contributed by atoms with Crippen molar-refractivity contribution in [3.8, 4) is 0 Å². The highest BCUT2D eigenvalue weighted by molar-refractivity contribution is 9.10. The van der Waals surface area contributed by atoms with Gasteiger partial charge >= 0.3 is 0 Å². The van der Waals surface area contributed by atoms with Gasteiger partial charge in [-0.1, -0.05) is 52.3 Å². The van der Waals surface area contributed by atoms with Crippen LogP contribution in [0.5, 0.6) is 0 Å². The number of anilines is 1. The molecule has 2 rings (SSSR count). The van der Waals surface area contributed by atoms with Gasteiger partial charge in [-0.05, 0) is 37.1 Å². The lowest BCUT2D eigenvalue weighted by Gasteiger charge is -2.24. The minimum Gasteiger partial charge on any atom is -0.324 e. The Morgan fingerprint density at radius 3 is 2.45 bits per heavy atom. The van der Waals surface area contributed by atoms with Crippen molar-refractivity contribution in [1.82, 2.24) is 0 Å². The topological polar surface area (TPSA) is 55.1 Å². The van der Waals surface area contributed by atoms with E-state index in [4.69, 9.17) is 5.73 Å². The third-order valence-electron chi connectivity index (χ3n) is 3.27. The number of hydrogen-bond acceptors (Lipinski definition) is 2. The quantitative estimate of drug-likeness (QED) is 0.902. The third kappa shape index (κ3) is 3.08. The summed E-state index contributed by atoms with van der Waals surface area (Å²) in [6.45, 7) is 3.70. The van der Waals surface area contributed by atoms with Crippen LogP contribution in [0.3, 0.4) is 0 Å². The first-order valence-electron chi connectivity index (χ1n) is 6.33. The molecule has 0 heterocycles. The van der Waals surface area contributed by atoms with Crippen LogP contribution in [0.2, 0.25) is 0 Å². The van der Waals surface area contributed by atoms with Crippen molar-refractivity contribution in [3.05, 3.63) is 64.1 Å². The Morgan fingerprint density at radius 2 is 1.85 bits per heavy atom. The Balaban J connectivity index is 2.21. The number of rotatable bonds is 3. The first kappa shape index (κ1) is 14.8. The lowest BCUT2D eigenvalue weighted by molar-refractivity contribution is -0.120. The first-order valence-corrected chi connectivity index (χ1v) is 7.12. The van der Waals surface area contributed by atoms with E-state index in [9.17, 15) is 4.79 Å². The van der Waals surface area contributed by atoms with Gasteiger partial charge in [0.15, 0.2) is 0 Å². The van der Waals surface area contributed by atoms with Crippen LogP contribution in [0.1, 0.15) is 18.1 Å². The molecule has 3 nitrogen and oxygen atoms in total. The largest absolute Gasteiger partial charge is 0.324 e. The predicted molar refractivity (Wildman–Crippen MR) is 85.5 cm³/mol. The standard InChI is InChI=1S/C16H17BrN2O/c1-11-8-9-13(10-14(11)17)19-15(20)16(2,18)12-6-4-3-5-7-12/h3-10H,18H2,1-2H3,(H,19,20). The number of aryl methyl sites for hydroxylation is 1. The van der Waals surface area contributed by atoms with Crippen LogP contribution in [-0.4, -0.2) is 5.91 Å². The maximum atomic E-state index is 12.4. The molecular formula is C16H17BrN2O. The number of halogens is 1. The summed E-state index contributed by atoms with van der Waals surface area (Å²) in [6.07, 6.45) is 0. The van der Waals surface area contributed by atoms with Crippen LogP contribution in [0.4, 0.5) is 5.69 Å². The average molecular weight is 333 g/mol. The molecule has 0 radical (unpaired) electrons. The van der Waals surface area contributed by atoms with Crippen molar-refractivity contribution in [2.75, 3.05) is 5.32 Å². The fourth-order valence-corrected chi connectivity index (χ4v) is 2.23. The summed E-state index contributed by atoms with van der Waals surface area (Å²) in [5, 5.41) is 2.85. The Bertz CT molecular complexity index is 624. The summed E-state index contributed by atoms with van der Waals surface area (Å²) in [5.41, 5.74) is 7.72. The SMILES string of the molecule is Cc1ccc(NC(=O)C(C)(N)c2ccccc2)cc1Br. The van der Waals surface area contributed by atoms with Gasteiger partial charge < -0.3 is 11.1 Å². The van der Waals surface area contributed by atoms with Gasteiger partial charge in [0, 0.05) is 10.2 Å². The number of amides is 1. The van der Waals surface area contributed by atoms with E-state index in [-0.39, 0.29) is 5.91 Å². The first-order chi connectivity index (χ1) is 9.41. The Hall–Kier alpha value is -1.65. The molecular weight excluding hydrogens is 316 g/mol. The lowest BCUT2D eigenvalue weighted by Crippen LogP contribution is -2.45. The van der Waals surface area contributed by atoms with Crippen LogP contribution < -0.4 is 11.1 Å². The molecule has 0 aromatic heterocycles. The average Bonchev–Trinajstić information content (AvgIpc) is 2.44. The minimum absolute atomic E-state index is 0.237. The molecule has 0 aliphatic heterocycles. The number of carbonyl (C=O) groups is 1. The Morgan fingerprint density at radius 1 is 1.20 bits per heavy atom. The molecule has 1 amide bonds. The molecule has 4 heteroatoms. The van der Waals surface area contributed by atoms with Crippen LogP contribution in [0.25, 0.3) is 0 Å². The van der Waals surface area contributed by atoms with Crippen LogP contribution in [0.15, 0.2) is 53.0 Å². The number of nitrogens with two attached hydrogens (primary N) is 1. The molecule has 0 spiro atoms. The van der Waals surface area contributed by atoms with E-state index >= 15 is 0 Å². The van der Waals surface area contributed by atoms with E-state index < -0.39 is 5.54 Å². The summed E-state index contributed by atoms with van der Waals surface area (Å²) in [4.78, 5) is 12.4. The summed E-state index contributed by atoms with van der Waals surface area (Å²) < 4.78 is 0.953. The highest BCUT2D eigenvalue weighted by Crippen LogP contribution is 2.23. The number of carbonyl (C=O) groups excluding carboxylic acids is 1. The van der Waals surface area contributed by atoms with Crippen LogP contribution in [0, 0.1) is 6.92 Å². The Kier molecular flexibility index (Phi) is 4.26. The molecule has 0 saturated carbocycles. The molecule has 2 aromatic rings. The zero-order valence-electron chi connectivity index (χ0n) is 11.5. The van der Waals surface area contributed by atoms with E-state index in [0.29, 0.717) is 0 Å². The van der Waals surface area contributed by atoms with Crippen molar-refractivity contribution in [1.29, 1.82) is 0 Å². The normalized spacial score (nSPS) is 13.6. The third-order valence-corrected chi connectivity index (χ3v) is 4.13. The smallest absolute Gasteiger partial charge is 0.248 e. The molecule has 0 aliphatic carbocycles. The van der Waals surface area contributed by atoms with Crippen molar-refractivity contribution in [2.24, 2.45) is 5.73 Å². The Labute approximate surface area is 127 Å². The van der Waals surface area contributed by atoms with Crippen molar-refractivity contribution < 1.29 is 4.79 Å². The van der Waals surface area contributed by atoms with Gasteiger partial charge in [0.25, 0.3) is 0 Å². The van der Waals surface area contributed by atoms with Gasteiger partial charge in [-0.2, -0.15) is 0 Å². The second kappa shape index (κ2) is 5.77. The zero-order valence-corrected chi connectivity index (χ0v) is 13.1. The minimum atomic E-state index is -1.07. The van der Waals surface area contributed by atoms with Gasteiger partial charge in [0.2, 0.25) is 5.91 Å². The lowest BCUT2D eigenvalue weighted by atomic mass is 9.92. The molecule has 3 N–H and O–H groups in total. The summed E-state index contributed by atoms with van der Waals surface area (Å²) in [7, 11) is 0. The molecule has 104 valence electrons. The van der Waals surface area contributed by atoms with Crippen LogP contribution >= 0.6 is 15.9 Å². The molecule has 20 heavy (non-hydrogen) atoms. The number of nitrogens with one attached hydrogen (secondary N) is 1. The van der Waals surface area contributed by atoms with E-state index in [0.717, 1.165) is 21.3 Å². The van der Waals surface area contributed by atoms with Crippen molar-refractivity contribution >= 4 is 27.5 Å². The fraction of sp³-hybridized carbons (Fsp3) is 0.188. The summed E-state index contributed by atoms with van der Waals surface area (Å²) >= 11 is 3.45. The van der Waals surface area contributed by atoms with E-state index in [1.165, 1.54) is 0 Å². The number of benzene rings is 2. The van der Waals surface area contributed by atoms with E-state index in [2.05, 4.69) is 21.2 Å². The fourth-order valence-electron chi connectivity index (χ4n) is 1.85. The maximum Gasteiger partial charge on any atom is 0.248 e. The molecule has 0 fully saturated rings. The highest BCUT2D eigenvalue weighted by Gasteiger charge is 2.30. The van der Waals surface area contributed by atoms with Gasteiger partial charge in [-0.15, -0.1) is 0 Å². The zero-order chi connectivity index (χ0) is 14.8. The summed E-state index contributed by atoms with van der Waals surface area (Å²) in [6, 6.07) is 15.0. The monoisotopic (exact) mass is 332 g/mol. The maximum absolute atomic E-state index is 12.4. The highest BCUT2D eigenvalue weighted by atomic mass is 79.9. The van der Waals surface area contributed by atoms with Crippen molar-refractivity contribution in [2.45, 2.75) is 19.4 Å². The molecule has 1 unspecified atom stereocenters. The van der Waals surface area contributed by atoms with Gasteiger partial charge in [-0.3, -0.25) is 4.79 Å². The number of hydrogen-bond donors (Lipinski definition) is 2. The van der Waals surface area contributed by atoms with E-state index in [1.807, 2.05) is 55.5 Å². The van der Waals surface area contributed by atoms with E-state index in [1.54, 1.807) is 6.92 Å². The van der Waals surface area contributed by atoms with Crippen molar-refractivity contribution in [3.63, 3.8) is 0 Å². The predicted octanol–water partition coefficient (Wildman–Crippen LogP) is 3.57. The van der Waals surface area contributed by atoms with Gasteiger partial charge in [0.05, 0.1) is 0 Å². The molecule has 2 aromatic carbocycles. The van der Waals surface area contributed by atoms with Gasteiger partial charge in [0.1, 0.15) is 5.54 Å². The second-order valence-electron chi connectivity index (χ2n) is 4.99. The molecule has 0 bridgehead atoms. The van der Waals surface area contributed by atoms with Gasteiger partial charge in [-0.25, -0.2) is 0 Å². The molecule has 0 saturated heterocycles. The second-order valence-corrected chi connectivity index (χ2v) is 5.84. The molecule has 1 atom stereocenters. The molecule has 0 aliphatic rings.